The van der Waals surface area contributed by atoms with Gasteiger partial charge in [-0.05, 0) is 101 Å². The highest BCUT2D eigenvalue weighted by molar-refractivity contribution is 5.79. The fourth-order valence-electron chi connectivity index (χ4n) is 7.96. The van der Waals surface area contributed by atoms with E-state index in [0.717, 1.165) is 37.0 Å². The average Bonchev–Trinajstić information content (AvgIpc) is 2.99. The first-order valence-corrected chi connectivity index (χ1v) is 11.8. The van der Waals surface area contributed by atoms with Crippen LogP contribution >= 0.6 is 0 Å². The Morgan fingerprint density at radius 2 is 1.96 bits per heavy atom. The van der Waals surface area contributed by atoms with Gasteiger partial charge in [0.2, 0.25) is 0 Å². The van der Waals surface area contributed by atoms with Crippen LogP contribution in [0, 0.1) is 34.5 Å². The summed E-state index contributed by atoms with van der Waals surface area (Å²) in [5.74, 6) is 3.04. The van der Waals surface area contributed by atoms with Crippen molar-refractivity contribution in [2.75, 3.05) is 6.61 Å². The van der Waals surface area contributed by atoms with Gasteiger partial charge in [-0.25, -0.2) is 0 Å². The zero-order valence-electron chi connectivity index (χ0n) is 18.6. The highest BCUT2D eigenvalue weighted by Gasteiger charge is 2.59. The third-order valence-corrected chi connectivity index (χ3v) is 9.33. The molecule has 0 aromatic heterocycles. The molecule has 28 heavy (non-hydrogen) atoms. The Bertz CT molecular complexity index is 640. The summed E-state index contributed by atoms with van der Waals surface area (Å²) in [4.78, 5) is 12.3. The number of hydrogen-bond acceptors (Lipinski definition) is 3. The van der Waals surface area contributed by atoms with Crippen molar-refractivity contribution in [2.24, 2.45) is 34.5 Å². The largest absolute Gasteiger partial charge is 0.353 e. The minimum absolute atomic E-state index is 0.103. The number of hydrogen-bond donors (Lipinski definition) is 0. The fourth-order valence-corrected chi connectivity index (χ4v) is 7.96. The zero-order chi connectivity index (χ0) is 20.1. The number of allylic oxidation sites excluding steroid dienone is 1. The van der Waals surface area contributed by atoms with Crippen molar-refractivity contribution < 1.29 is 14.3 Å². The van der Waals surface area contributed by atoms with Crippen molar-refractivity contribution in [2.45, 2.75) is 98.4 Å². The second-order valence-electron chi connectivity index (χ2n) is 10.6. The minimum Gasteiger partial charge on any atom is -0.353 e. The molecule has 2 unspecified atom stereocenters. The first-order valence-electron chi connectivity index (χ1n) is 11.8. The standard InChI is InChI=1S/C25H40O3/c1-6-27-17(3)28-19-11-13-24(4)18(15-19)7-8-20-22-10-9-21(16(2)26)25(22,5)14-12-23(20)24/h7,17,19-23H,6,8-15H2,1-5H3/t17?,19?,20-,21+,22-,23-,24-,25+/m0/s1. The number of ether oxygens (including phenoxy) is 2. The van der Waals surface area contributed by atoms with Gasteiger partial charge in [0, 0.05) is 12.5 Å². The molecule has 0 N–H and O–H groups in total. The van der Waals surface area contributed by atoms with Gasteiger partial charge in [-0.2, -0.15) is 0 Å². The van der Waals surface area contributed by atoms with E-state index in [1.807, 2.05) is 20.8 Å². The molecule has 0 aliphatic heterocycles. The van der Waals surface area contributed by atoms with Gasteiger partial charge in [0.05, 0.1) is 6.10 Å². The van der Waals surface area contributed by atoms with Gasteiger partial charge in [0.25, 0.3) is 0 Å². The van der Waals surface area contributed by atoms with Gasteiger partial charge < -0.3 is 9.47 Å². The molecule has 3 heteroatoms. The summed E-state index contributed by atoms with van der Waals surface area (Å²) in [6.45, 7) is 11.6. The molecule has 3 saturated carbocycles. The van der Waals surface area contributed by atoms with Gasteiger partial charge in [-0.1, -0.05) is 25.5 Å². The van der Waals surface area contributed by atoms with Crippen LogP contribution in [0.25, 0.3) is 0 Å². The van der Waals surface area contributed by atoms with Crippen LogP contribution in [0.1, 0.15) is 86.0 Å². The van der Waals surface area contributed by atoms with Gasteiger partial charge in [-0.3, -0.25) is 4.79 Å². The van der Waals surface area contributed by atoms with Crippen LogP contribution in [0.15, 0.2) is 11.6 Å². The van der Waals surface area contributed by atoms with Crippen molar-refractivity contribution in [3.05, 3.63) is 11.6 Å². The molecule has 0 bridgehead atoms. The summed E-state index contributed by atoms with van der Waals surface area (Å²) in [5, 5.41) is 0. The summed E-state index contributed by atoms with van der Waals surface area (Å²) < 4.78 is 11.8. The topological polar surface area (TPSA) is 35.5 Å². The van der Waals surface area contributed by atoms with E-state index in [0.29, 0.717) is 29.8 Å². The maximum absolute atomic E-state index is 12.3. The molecule has 4 aliphatic carbocycles. The van der Waals surface area contributed by atoms with Crippen LogP contribution in [-0.2, 0) is 14.3 Å². The van der Waals surface area contributed by atoms with Crippen LogP contribution in [0.2, 0.25) is 0 Å². The zero-order valence-corrected chi connectivity index (χ0v) is 18.6. The van der Waals surface area contributed by atoms with E-state index in [4.69, 9.17) is 9.47 Å². The third kappa shape index (κ3) is 3.21. The highest BCUT2D eigenvalue weighted by Crippen LogP contribution is 2.66. The van der Waals surface area contributed by atoms with Gasteiger partial charge >= 0.3 is 0 Å². The van der Waals surface area contributed by atoms with E-state index in [1.54, 1.807) is 5.57 Å². The Morgan fingerprint density at radius 3 is 2.68 bits per heavy atom. The van der Waals surface area contributed by atoms with Crippen LogP contribution in [0.3, 0.4) is 0 Å². The molecule has 4 aliphatic rings. The lowest BCUT2D eigenvalue weighted by Gasteiger charge is -2.58. The molecular formula is C25H40O3. The van der Waals surface area contributed by atoms with Crippen LogP contribution < -0.4 is 0 Å². The van der Waals surface area contributed by atoms with Crippen LogP contribution in [0.5, 0.6) is 0 Å². The summed E-state index contributed by atoms with van der Waals surface area (Å²) in [6.07, 6.45) is 12.4. The maximum Gasteiger partial charge on any atom is 0.155 e. The Kier molecular flexibility index (Phi) is 5.55. The Balaban J connectivity index is 1.51. The predicted molar refractivity (Wildman–Crippen MR) is 112 cm³/mol. The van der Waals surface area contributed by atoms with E-state index in [-0.39, 0.29) is 11.7 Å². The highest BCUT2D eigenvalue weighted by atomic mass is 16.7. The molecule has 0 radical (unpaired) electrons. The number of Topliss-reactive ketones (excluding diaryl/α,β-unsaturated/α-hetero) is 1. The van der Waals surface area contributed by atoms with E-state index < -0.39 is 0 Å². The van der Waals surface area contributed by atoms with E-state index >= 15 is 0 Å². The molecule has 0 saturated heterocycles. The Labute approximate surface area is 171 Å². The number of carbonyl (C=O) groups excluding carboxylic acids is 1. The Hall–Kier alpha value is -0.670. The molecule has 0 heterocycles. The first-order chi connectivity index (χ1) is 13.3. The number of fused-ring (bicyclic) bond motifs is 5. The van der Waals surface area contributed by atoms with Gasteiger partial charge in [-0.15, -0.1) is 0 Å². The lowest BCUT2D eigenvalue weighted by molar-refractivity contribution is -0.167. The predicted octanol–water partition coefficient (Wildman–Crippen LogP) is 5.92. The summed E-state index contributed by atoms with van der Waals surface area (Å²) >= 11 is 0. The van der Waals surface area contributed by atoms with Crippen molar-refractivity contribution in [1.82, 2.24) is 0 Å². The van der Waals surface area contributed by atoms with Crippen molar-refractivity contribution in [3.63, 3.8) is 0 Å². The quantitative estimate of drug-likeness (QED) is 0.433. The lowest BCUT2D eigenvalue weighted by Crippen LogP contribution is -2.51. The second kappa shape index (κ2) is 7.54. The number of carbonyl (C=O) groups is 1. The molecule has 8 atom stereocenters. The normalized spacial score (nSPS) is 46.2. The summed E-state index contributed by atoms with van der Waals surface area (Å²) in [5.41, 5.74) is 2.24. The van der Waals surface area contributed by atoms with E-state index in [2.05, 4.69) is 19.9 Å². The summed E-state index contributed by atoms with van der Waals surface area (Å²) in [6, 6.07) is 0. The first kappa shape index (κ1) is 20.6. The van der Waals surface area contributed by atoms with Crippen molar-refractivity contribution >= 4 is 5.78 Å². The minimum atomic E-state index is -0.103. The molecule has 3 fully saturated rings. The molecule has 0 aromatic rings. The van der Waals surface area contributed by atoms with Gasteiger partial charge in [0.1, 0.15) is 5.78 Å². The monoisotopic (exact) mass is 388 g/mol. The maximum atomic E-state index is 12.3. The molecule has 0 amide bonds. The SMILES string of the molecule is CCOC(C)OC1CC[C@@]2(C)C(=CC[C@H]3[C@@H]4CC[C@H](C(C)=O)[C@@]4(C)CC[C@@H]32)C1. The average molecular weight is 389 g/mol. The van der Waals surface area contributed by atoms with E-state index in [9.17, 15) is 4.79 Å². The molecule has 3 nitrogen and oxygen atoms in total. The van der Waals surface area contributed by atoms with Crippen LogP contribution in [-0.4, -0.2) is 24.8 Å². The molecular weight excluding hydrogens is 348 g/mol. The smallest absolute Gasteiger partial charge is 0.155 e. The molecule has 158 valence electrons. The number of rotatable bonds is 5. The van der Waals surface area contributed by atoms with E-state index in [1.165, 1.54) is 32.1 Å². The van der Waals surface area contributed by atoms with Crippen molar-refractivity contribution in [3.8, 4) is 0 Å². The molecule has 4 rings (SSSR count). The van der Waals surface area contributed by atoms with Gasteiger partial charge in [0.15, 0.2) is 6.29 Å². The third-order valence-electron chi connectivity index (χ3n) is 9.33. The fraction of sp³-hybridized carbons (Fsp3) is 0.880. The Morgan fingerprint density at radius 1 is 1.18 bits per heavy atom. The lowest BCUT2D eigenvalue weighted by atomic mass is 9.47. The number of ketones is 1. The summed E-state index contributed by atoms with van der Waals surface area (Å²) in [7, 11) is 0. The van der Waals surface area contributed by atoms with Crippen molar-refractivity contribution in [1.29, 1.82) is 0 Å². The second-order valence-corrected chi connectivity index (χ2v) is 10.6. The molecule has 0 aromatic carbocycles. The van der Waals surface area contributed by atoms with Crippen LogP contribution in [0.4, 0.5) is 0 Å². The molecule has 0 spiro atoms.